The van der Waals surface area contributed by atoms with Crippen molar-refractivity contribution in [1.82, 2.24) is 10.2 Å². The Balaban J connectivity index is 1.52. The Labute approximate surface area is 234 Å². The molecule has 2 aromatic rings. The van der Waals surface area contributed by atoms with E-state index in [-0.39, 0.29) is 24.3 Å². The summed E-state index contributed by atoms with van der Waals surface area (Å²) in [6.45, 7) is 5.81. The van der Waals surface area contributed by atoms with Crippen LogP contribution < -0.4 is 10.6 Å². The molecule has 0 saturated carbocycles. The van der Waals surface area contributed by atoms with E-state index in [1.807, 2.05) is 51.1 Å². The first-order chi connectivity index (χ1) is 18.7. The van der Waals surface area contributed by atoms with Crippen molar-refractivity contribution in [2.24, 2.45) is 17.8 Å². The van der Waals surface area contributed by atoms with Crippen molar-refractivity contribution < 1.29 is 24.2 Å². The molecule has 5 rings (SSSR count). The van der Waals surface area contributed by atoms with Gasteiger partial charge in [0.1, 0.15) is 11.6 Å². The van der Waals surface area contributed by atoms with E-state index in [2.05, 4.69) is 10.6 Å². The number of benzene rings is 2. The van der Waals surface area contributed by atoms with Gasteiger partial charge in [-0.3, -0.25) is 14.4 Å². The normalized spacial score (nSPS) is 29.9. The lowest BCUT2D eigenvalue weighted by Crippen LogP contribution is -2.57. The number of hydrogen-bond acceptors (Lipinski definition) is 5. The van der Waals surface area contributed by atoms with E-state index >= 15 is 0 Å². The lowest BCUT2D eigenvalue weighted by Gasteiger charge is -2.38. The number of carbonyl (C=O) groups excluding carboxylic acids is 3. The van der Waals surface area contributed by atoms with Gasteiger partial charge in [0.05, 0.1) is 30.1 Å². The number of aliphatic hydroxyl groups excluding tert-OH is 1. The fraction of sp³-hybridized carbons (Fsp3) is 0.500. The van der Waals surface area contributed by atoms with Crippen LogP contribution in [-0.2, 0) is 25.7 Å². The molecule has 3 saturated heterocycles. The average molecular weight is 554 g/mol. The minimum absolute atomic E-state index is 0.122. The molecule has 1 spiro atoms. The molecule has 3 heterocycles. The summed E-state index contributed by atoms with van der Waals surface area (Å²) in [5, 5.41) is 16.9. The van der Waals surface area contributed by atoms with Crippen LogP contribution >= 0.6 is 11.6 Å². The number of anilines is 1. The maximum Gasteiger partial charge on any atom is 0.250 e. The summed E-state index contributed by atoms with van der Waals surface area (Å²) in [4.78, 5) is 43.6. The summed E-state index contributed by atoms with van der Waals surface area (Å²) in [7, 11) is 0. The van der Waals surface area contributed by atoms with Crippen molar-refractivity contribution in [2.75, 3.05) is 11.9 Å². The lowest BCUT2D eigenvalue weighted by molar-refractivity contribution is -0.150. The first-order valence-corrected chi connectivity index (χ1v) is 14.1. The second-order valence-corrected chi connectivity index (χ2v) is 11.7. The molecule has 8 nitrogen and oxygen atoms in total. The third-order valence-electron chi connectivity index (χ3n) is 8.88. The van der Waals surface area contributed by atoms with E-state index in [1.165, 1.54) is 4.90 Å². The minimum Gasteiger partial charge on any atom is -0.394 e. The number of aliphatic hydroxyl groups is 1. The van der Waals surface area contributed by atoms with Gasteiger partial charge >= 0.3 is 0 Å². The fourth-order valence-corrected chi connectivity index (χ4v) is 7.10. The van der Waals surface area contributed by atoms with Crippen LogP contribution in [0.5, 0.6) is 0 Å². The van der Waals surface area contributed by atoms with E-state index in [4.69, 9.17) is 16.3 Å². The van der Waals surface area contributed by atoms with Gasteiger partial charge in [0.15, 0.2) is 0 Å². The number of fused-ring (bicyclic) bond motifs is 1. The molecular formula is C30H36ClN3O5. The van der Waals surface area contributed by atoms with E-state index in [1.54, 1.807) is 24.3 Å². The molecule has 208 valence electrons. The van der Waals surface area contributed by atoms with Gasteiger partial charge in [0.25, 0.3) is 0 Å². The van der Waals surface area contributed by atoms with Crippen LogP contribution in [0.3, 0.4) is 0 Å². The highest BCUT2D eigenvalue weighted by atomic mass is 35.5. The monoisotopic (exact) mass is 553 g/mol. The van der Waals surface area contributed by atoms with Gasteiger partial charge < -0.3 is 25.4 Å². The molecule has 2 bridgehead atoms. The molecule has 6 atom stereocenters. The summed E-state index contributed by atoms with van der Waals surface area (Å²) in [6, 6.07) is 14.8. The molecular weight excluding hydrogens is 518 g/mol. The molecule has 0 radical (unpaired) electrons. The smallest absolute Gasteiger partial charge is 0.250 e. The molecule has 3 aliphatic rings. The van der Waals surface area contributed by atoms with Gasteiger partial charge in [-0.25, -0.2) is 0 Å². The summed E-state index contributed by atoms with van der Waals surface area (Å²) < 4.78 is 6.79. The molecule has 3 fully saturated rings. The Morgan fingerprint density at radius 2 is 1.79 bits per heavy atom. The van der Waals surface area contributed by atoms with Gasteiger partial charge in [-0.2, -0.15) is 0 Å². The van der Waals surface area contributed by atoms with Gasteiger partial charge in [-0.1, -0.05) is 62.7 Å². The Morgan fingerprint density at radius 3 is 2.41 bits per heavy atom. The Hall–Kier alpha value is -2.94. The maximum atomic E-state index is 14.3. The largest absolute Gasteiger partial charge is 0.394 e. The van der Waals surface area contributed by atoms with Crippen LogP contribution in [0.4, 0.5) is 5.69 Å². The van der Waals surface area contributed by atoms with E-state index in [9.17, 15) is 19.5 Å². The van der Waals surface area contributed by atoms with Gasteiger partial charge in [-0.15, -0.1) is 0 Å². The number of amides is 3. The van der Waals surface area contributed by atoms with Crippen molar-refractivity contribution >= 4 is 35.0 Å². The minimum atomic E-state index is -1.17. The second kappa shape index (κ2) is 10.6. The highest BCUT2D eigenvalue weighted by Gasteiger charge is 2.79. The number of rotatable bonds is 9. The molecule has 2 unspecified atom stereocenters. The van der Waals surface area contributed by atoms with Gasteiger partial charge in [0.2, 0.25) is 17.7 Å². The van der Waals surface area contributed by atoms with Crippen LogP contribution in [0.1, 0.15) is 45.6 Å². The van der Waals surface area contributed by atoms with E-state index in [0.29, 0.717) is 36.5 Å². The quantitative estimate of drug-likeness (QED) is 0.438. The summed E-state index contributed by atoms with van der Waals surface area (Å²) in [5.74, 6) is -2.64. The van der Waals surface area contributed by atoms with Crippen molar-refractivity contribution in [1.29, 1.82) is 0 Å². The predicted molar refractivity (Wildman–Crippen MR) is 148 cm³/mol. The van der Waals surface area contributed by atoms with E-state index < -0.39 is 41.0 Å². The van der Waals surface area contributed by atoms with Crippen molar-refractivity contribution in [3.05, 3.63) is 65.2 Å². The van der Waals surface area contributed by atoms with Gasteiger partial charge in [-0.05, 0) is 55.0 Å². The van der Waals surface area contributed by atoms with Crippen LogP contribution in [0.2, 0.25) is 5.02 Å². The van der Waals surface area contributed by atoms with Crippen LogP contribution in [0.25, 0.3) is 0 Å². The average Bonchev–Trinajstić information content (AvgIpc) is 3.53. The zero-order valence-electron chi connectivity index (χ0n) is 22.5. The number of nitrogens with one attached hydrogen (secondary N) is 2. The summed E-state index contributed by atoms with van der Waals surface area (Å²) >= 11 is 6.03. The Kier molecular flexibility index (Phi) is 7.48. The molecule has 0 aliphatic carbocycles. The maximum absolute atomic E-state index is 14.3. The van der Waals surface area contributed by atoms with E-state index in [0.717, 1.165) is 5.56 Å². The van der Waals surface area contributed by atoms with Crippen molar-refractivity contribution in [3.63, 3.8) is 0 Å². The highest BCUT2D eigenvalue weighted by molar-refractivity contribution is 6.30. The standard InChI is InChI=1S/C30H36ClN3O5/c1-4-29-14-15-30(39-29)24(23(29)26(36)32-16-19-8-6-5-7-9-19)28(38)34(22(17-35)18(2)3)25(30)27(37)33-21-12-10-20(31)11-13-21/h5-13,18,22-25,35H,4,14-17H2,1-3H3,(H,32,36)(H,33,37)/t22-,23+,24-,25?,29-,30?/m0/s1. The number of ether oxygens (including phenoxy) is 1. The van der Waals surface area contributed by atoms with Gasteiger partial charge in [0, 0.05) is 17.3 Å². The zero-order chi connectivity index (χ0) is 27.9. The molecule has 0 aromatic heterocycles. The molecule has 9 heteroatoms. The van der Waals surface area contributed by atoms with Crippen LogP contribution in [0, 0.1) is 17.8 Å². The first-order valence-electron chi connectivity index (χ1n) is 13.7. The third-order valence-corrected chi connectivity index (χ3v) is 9.14. The topological polar surface area (TPSA) is 108 Å². The Morgan fingerprint density at radius 1 is 1.10 bits per heavy atom. The van der Waals surface area contributed by atoms with Crippen LogP contribution in [-0.4, -0.2) is 57.6 Å². The third kappa shape index (κ3) is 4.52. The molecule has 3 N–H and O–H groups in total. The molecule has 39 heavy (non-hydrogen) atoms. The molecule has 3 aliphatic heterocycles. The van der Waals surface area contributed by atoms with Crippen molar-refractivity contribution in [3.8, 4) is 0 Å². The second-order valence-electron chi connectivity index (χ2n) is 11.3. The SMILES string of the molecule is CC[C@@]12CCC3(O1)C(C(=O)Nc1ccc(Cl)cc1)N([C@@H](CO)C(C)C)C(=O)[C@@H]3[C@@H]2C(=O)NCc1ccccc1. The zero-order valence-corrected chi connectivity index (χ0v) is 23.3. The number of hydrogen-bond donors (Lipinski definition) is 3. The lowest BCUT2D eigenvalue weighted by atomic mass is 9.65. The number of likely N-dealkylation sites (tertiary alicyclic amines) is 1. The summed E-state index contributed by atoms with van der Waals surface area (Å²) in [6.07, 6.45) is 1.59. The first kappa shape index (κ1) is 27.6. The summed E-state index contributed by atoms with van der Waals surface area (Å²) in [5.41, 5.74) is -0.509. The number of halogens is 1. The number of carbonyl (C=O) groups is 3. The Bertz CT molecular complexity index is 1240. The predicted octanol–water partition coefficient (Wildman–Crippen LogP) is 3.77. The molecule has 2 aromatic carbocycles. The van der Waals surface area contributed by atoms with Crippen LogP contribution in [0.15, 0.2) is 54.6 Å². The number of nitrogens with zero attached hydrogens (tertiary/aromatic N) is 1. The van der Waals surface area contributed by atoms with Crippen molar-refractivity contribution in [2.45, 2.75) is 69.9 Å². The fourth-order valence-electron chi connectivity index (χ4n) is 6.97. The highest BCUT2D eigenvalue weighted by Crippen LogP contribution is 2.64. The molecule has 3 amide bonds.